The summed E-state index contributed by atoms with van der Waals surface area (Å²) in [6.45, 7) is 3.48. The molecule has 100 valence electrons. The SMILES string of the molecule is CC(O)C1CCN(c2ccc(Cl)c(CO)n2)CC1. The number of rotatable bonds is 3. The van der Waals surface area contributed by atoms with E-state index in [9.17, 15) is 5.11 Å². The first-order chi connectivity index (χ1) is 8.61. The third kappa shape index (κ3) is 2.94. The highest BCUT2D eigenvalue weighted by molar-refractivity contribution is 6.31. The lowest BCUT2D eigenvalue weighted by Gasteiger charge is -2.34. The number of pyridine rings is 1. The Morgan fingerprint density at radius 1 is 1.44 bits per heavy atom. The van der Waals surface area contributed by atoms with Crippen LogP contribution in [0.25, 0.3) is 0 Å². The molecule has 18 heavy (non-hydrogen) atoms. The van der Waals surface area contributed by atoms with Gasteiger partial charge in [0.2, 0.25) is 0 Å². The van der Waals surface area contributed by atoms with Crippen molar-refractivity contribution in [2.75, 3.05) is 18.0 Å². The second-order valence-corrected chi connectivity index (χ2v) is 5.23. The van der Waals surface area contributed by atoms with E-state index in [4.69, 9.17) is 16.7 Å². The van der Waals surface area contributed by atoms with E-state index in [0.717, 1.165) is 31.7 Å². The van der Waals surface area contributed by atoms with Crippen LogP contribution >= 0.6 is 11.6 Å². The molecule has 1 aliphatic heterocycles. The molecule has 1 aromatic rings. The van der Waals surface area contributed by atoms with Crippen LogP contribution in [0.15, 0.2) is 12.1 Å². The first-order valence-electron chi connectivity index (χ1n) is 6.31. The minimum Gasteiger partial charge on any atom is -0.393 e. The predicted octanol–water partition coefficient (Wildman–Crippen LogP) is 1.82. The molecule has 0 aliphatic carbocycles. The summed E-state index contributed by atoms with van der Waals surface area (Å²) in [5, 5.41) is 19.2. The van der Waals surface area contributed by atoms with Gasteiger partial charge in [0.1, 0.15) is 5.82 Å². The lowest BCUT2D eigenvalue weighted by molar-refractivity contribution is 0.110. The van der Waals surface area contributed by atoms with Crippen molar-refractivity contribution in [1.29, 1.82) is 0 Å². The minimum absolute atomic E-state index is 0.142. The van der Waals surface area contributed by atoms with Crippen LogP contribution < -0.4 is 4.90 Å². The summed E-state index contributed by atoms with van der Waals surface area (Å²) in [4.78, 5) is 6.54. The standard InChI is InChI=1S/C13H19ClN2O2/c1-9(18)10-4-6-16(7-5-10)13-3-2-11(14)12(8-17)15-13/h2-3,9-10,17-18H,4-8H2,1H3. The topological polar surface area (TPSA) is 56.6 Å². The number of halogens is 1. The van der Waals surface area contributed by atoms with E-state index in [0.29, 0.717) is 16.6 Å². The van der Waals surface area contributed by atoms with Gasteiger partial charge >= 0.3 is 0 Å². The zero-order valence-corrected chi connectivity index (χ0v) is 11.3. The summed E-state index contributed by atoms with van der Waals surface area (Å²) >= 11 is 5.93. The van der Waals surface area contributed by atoms with E-state index in [1.165, 1.54) is 0 Å². The summed E-state index contributed by atoms with van der Waals surface area (Å²) in [7, 11) is 0. The van der Waals surface area contributed by atoms with Crippen molar-refractivity contribution in [3.8, 4) is 0 Å². The van der Waals surface area contributed by atoms with E-state index in [1.807, 2.05) is 13.0 Å². The summed E-state index contributed by atoms with van der Waals surface area (Å²) in [6, 6.07) is 3.65. The van der Waals surface area contributed by atoms with E-state index >= 15 is 0 Å². The van der Waals surface area contributed by atoms with Crippen molar-refractivity contribution in [2.45, 2.75) is 32.5 Å². The van der Waals surface area contributed by atoms with Crippen molar-refractivity contribution in [3.05, 3.63) is 22.8 Å². The van der Waals surface area contributed by atoms with Gasteiger partial charge in [0.25, 0.3) is 0 Å². The zero-order chi connectivity index (χ0) is 13.1. The van der Waals surface area contributed by atoms with Crippen molar-refractivity contribution in [2.24, 2.45) is 5.92 Å². The Morgan fingerprint density at radius 2 is 2.11 bits per heavy atom. The van der Waals surface area contributed by atoms with Crippen LogP contribution in [0.1, 0.15) is 25.5 Å². The Morgan fingerprint density at radius 3 is 2.67 bits per heavy atom. The highest BCUT2D eigenvalue weighted by atomic mass is 35.5. The Bertz CT molecular complexity index is 404. The Hall–Kier alpha value is -0.840. The first kappa shape index (κ1) is 13.6. The normalized spacial score (nSPS) is 19.0. The summed E-state index contributed by atoms with van der Waals surface area (Å²) in [5.74, 6) is 1.23. The number of hydrogen-bond donors (Lipinski definition) is 2. The number of anilines is 1. The molecule has 5 heteroatoms. The Labute approximate surface area is 112 Å². The molecule has 0 bridgehead atoms. The van der Waals surface area contributed by atoms with Gasteiger partial charge in [-0.15, -0.1) is 0 Å². The number of aliphatic hydroxyl groups is 2. The third-order valence-electron chi connectivity index (χ3n) is 3.60. The molecular weight excluding hydrogens is 252 g/mol. The average molecular weight is 271 g/mol. The molecule has 0 radical (unpaired) electrons. The molecule has 4 nitrogen and oxygen atoms in total. The first-order valence-corrected chi connectivity index (χ1v) is 6.69. The van der Waals surface area contributed by atoms with Crippen LogP contribution in [0, 0.1) is 5.92 Å². The van der Waals surface area contributed by atoms with Crippen LogP contribution in [0.4, 0.5) is 5.82 Å². The maximum Gasteiger partial charge on any atom is 0.129 e. The van der Waals surface area contributed by atoms with Crippen molar-refractivity contribution in [3.63, 3.8) is 0 Å². The van der Waals surface area contributed by atoms with Gasteiger partial charge in [-0.25, -0.2) is 4.98 Å². The van der Waals surface area contributed by atoms with Crippen molar-refractivity contribution >= 4 is 17.4 Å². The van der Waals surface area contributed by atoms with Crippen LogP contribution in [-0.4, -0.2) is 34.4 Å². The molecule has 1 fully saturated rings. The smallest absolute Gasteiger partial charge is 0.129 e. The van der Waals surface area contributed by atoms with Gasteiger partial charge < -0.3 is 15.1 Å². The fourth-order valence-corrected chi connectivity index (χ4v) is 2.54. The Balaban J connectivity index is 2.05. The van der Waals surface area contributed by atoms with E-state index in [2.05, 4.69) is 9.88 Å². The molecule has 2 heterocycles. The summed E-state index contributed by atoms with van der Waals surface area (Å²) < 4.78 is 0. The van der Waals surface area contributed by atoms with Gasteiger partial charge in [-0.1, -0.05) is 11.6 Å². The molecule has 1 saturated heterocycles. The van der Waals surface area contributed by atoms with Crippen LogP contribution in [0.3, 0.4) is 0 Å². The molecule has 0 saturated carbocycles. The third-order valence-corrected chi connectivity index (χ3v) is 3.94. The van der Waals surface area contributed by atoms with Gasteiger partial charge in [-0.05, 0) is 37.8 Å². The number of nitrogens with zero attached hydrogens (tertiary/aromatic N) is 2. The maximum absolute atomic E-state index is 9.57. The maximum atomic E-state index is 9.57. The highest BCUT2D eigenvalue weighted by Gasteiger charge is 2.23. The second-order valence-electron chi connectivity index (χ2n) is 4.82. The molecule has 1 aliphatic rings. The number of aromatic nitrogens is 1. The molecule has 2 rings (SSSR count). The summed E-state index contributed by atoms with van der Waals surface area (Å²) in [6.07, 6.45) is 1.70. The number of hydrogen-bond acceptors (Lipinski definition) is 4. The van der Waals surface area contributed by atoms with Crippen LogP contribution in [0.2, 0.25) is 5.02 Å². The van der Waals surface area contributed by atoms with E-state index < -0.39 is 0 Å². The van der Waals surface area contributed by atoms with Gasteiger partial charge in [-0.3, -0.25) is 0 Å². The molecule has 0 aromatic carbocycles. The van der Waals surface area contributed by atoms with Gasteiger partial charge in [-0.2, -0.15) is 0 Å². The van der Waals surface area contributed by atoms with Crippen LogP contribution in [0.5, 0.6) is 0 Å². The highest BCUT2D eigenvalue weighted by Crippen LogP contribution is 2.25. The fourth-order valence-electron chi connectivity index (χ4n) is 2.37. The minimum atomic E-state index is -0.238. The Kier molecular flexibility index (Phi) is 4.43. The lowest BCUT2D eigenvalue weighted by atomic mass is 9.92. The second kappa shape index (κ2) is 5.87. The molecular formula is C13H19ClN2O2. The largest absolute Gasteiger partial charge is 0.393 e. The van der Waals surface area contributed by atoms with Gasteiger partial charge in [0.05, 0.1) is 23.4 Å². The molecule has 1 aromatic heterocycles. The predicted molar refractivity (Wildman–Crippen MR) is 71.8 cm³/mol. The molecule has 2 N–H and O–H groups in total. The van der Waals surface area contributed by atoms with Crippen LogP contribution in [-0.2, 0) is 6.61 Å². The molecule has 0 spiro atoms. The quantitative estimate of drug-likeness (QED) is 0.880. The van der Waals surface area contributed by atoms with Crippen molar-refractivity contribution in [1.82, 2.24) is 4.98 Å². The van der Waals surface area contributed by atoms with E-state index in [1.54, 1.807) is 6.07 Å². The number of aliphatic hydroxyl groups excluding tert-OH is 2. The van der Waals surface area contributed by atoms with E-state index in [-0.39, 0.29) is 12.7 Å². The summed E-state index contributed by atoms with van der Waals surface area (Å²) in [5.41, 5.74) is 0.520. The lowest BCUT2D eigenvalue weighted by Crippen LogP contribution is -2.37. The fraction of sp³-hybridized carbons (Fsp3) is 0.615. The van der Waals surface area contributed by atoms with Gasteiger partial charge in [0, 0.05) is 13.1 Å². The van der Waals surface area contributed by atoms with Gasteiger partial charge in [0.15, 0.2) is 0 Å². The number of piperidine rings is 1. The average Bonchev–Trinajstić information content (AvgIpc) is 2.39. The van der Waals surface area contributed by atoms with Crippen molar-refractivity contribution < 1.29 is 10.2 Å². The zero-order valence-electron chi connectivity index (χ0n) is 10.5. The molecule has 1 unspecified atom stereocenters. The molecule has 0 amide bonds. The monoisotopic (exact) mass is 270 g/mol. The molecule has 1 atom stereocenters.